The maximum Gasteiger partial charge on any atom is 0.231 e. The van der Waals surface area contributed by atoms with Gasteiger partial charge in [0.1, 0.15) is 4.38 Å². The fourth-order valence-electron chi connectivity index (χ4n) is 2.15. The van der Waals surface area contributed by atoms with E-state index in [1.807, 2.05) is 29.6 Å². The van der Waals surface area contributed by atoms with Gasteiger partial charge in [-0.25, -0.2) is 0 Å². The van der Waals surface area contributed by atoms with Gasteiger partial charge in [-0.05, 0) is 17.0 Å². The number of benzene rings is 1. The van der Waals surface area contributed by atoms with Gasteiger partial charge in [0, 0.05) is 10.6 Å². The van der Waals surface area contributed by atoms with Crippen LogP contribution in [0.5, 0.6) is 0 Å². The summed E-state index contributed by atoms with van der Waals surface area (Å²) >= 11 is 4.93. The molecule has 3 nitrogen and oxygen atoms in total. The first-order chi connectivity index (χ1) is 10.8. The molecule has 0 spiro atoms. The highest BCUT2D eigenvalue weighted by Gasteiger charge is 2.18. The number of hydrogen-bond acceptors (Lipinski definition) is 5. The Morgan fingerprint density at radius 2 is 2.14 bits per heavy atom. The molecular formula is C16H16N2OS3. The molecule has 1 N–H and O–H groups in total. The van der Waals surface area contributed by atoms with Crippen molar-refractivity contribution in [3.05, 3.63) is 58.3 Å². The molecule has 114 valence electrons. The number of aliphatic imine (C=N–C) groups is 1. The SMILES string of the molecule is O=C(CSC1=NCCS1)N[C@H](c1ccccc1)c1cccs1. The largest absolute Gasteiger partial charge is 0.344 e. The maximum absolute atomic E-state index is 12.3. The Labute approximate surface area is 142 Å². The first-order valence-electron chi connectivity index (χ1n) is 7.00. The van der Waals surface area contributed by atoms with Gasteiger partial charge in [-0.15, -0.1) is 11.3 Å². The monoisotopic (exact) mass is 348 g/mol. The molecule has 1 aromatic heterocycles. The van der Waals surface area contributed by atoms with Crippen LogP contribution in [0.25, 0.3) is 0 Å². The Morgan fingerprint density at radius 1 is 1.27 bits per heavy atom. The average Bonchev–Trinajstić information content (AvgIpc) is 3.25. The molecule has 0 fully saturated rings. The van der Waals surface area contributed by atoms with Crippen LogP contribution in [-0.4, -0.2) is 28.3 Å². The zero-order valence-corrected chi connectivity index (χ0v) is 14.3. The van der Waals surface area contributed by atoms with Crippen LogP contribution in [0.15, 0.2) is 52.8 Å². The summed E-state index contributed by atoms with van der Waals surface area (Å²) in [7, 11) is 0. The molecule has 1 atom stereocenters. The first kappa shape index (κ1) is 15.6. The minimum absolute atomic E-state index is 0.0439. The van der Waals surface area contributed by atoms with Crippen molar-refractivity contribution in [3.8, 4) is 0 Å². The van der Waals surface area contributed by atoms with Crippen LogP contribution in [0.4, 0.5) is 0 Å². The molecule has 1 aliphatic rings. The molecule has 0 bridgehead atoms. The van der Waals surface area contributed by atoms with Crippen molar-refractivity contribution in [1.29, 1.82) is 0 Å². The lowest BCUT2D eigenvalue weighted by Gasteiger charge is -2.18. The summed E-state index contributed by atoms with van der Waals surface area (Å²) in [5.41, 5.74) is 1.11. The van der Waals surface area contributed by atoms with Crippen LogP contribution in [0.3, 0.4) is 0 Å². The number of nitrogens with zero attached hydrogens (tertiary/aromatic N) is 1. The molecular weight excluding hydrogens is 332 g/mol. The highest BCUT2D eigenvalue weighted by molar-refractivity contribution is 8.39. The predicted octanol–water partition coefficient (Wildman–Crippen LogP) is 3.79. The van der Waals surface area contributed by atoms with Crippen molar-refractivity contribution in [3.63, 3.8) is 0 Å². The summed E-state index contributed by atoms with van der Waals surface area (Å²) in [6.45, 7) is 0.871. The van der Waals surface area contributed by atoms with Crippen LogP contribution >= 0.6 is 34.9 Å². The van der Waals surface area contributed by atoms with Gasteiger partial charge in [0.25, 0.3) is 0 Å². The Hall–Kier alpha value is -1.24. The van der Waals surface area contributed by atoms with Crippen LogP contribution < -0.4 is 5.32 Å². The summed E-state index contributed by atoms with van der Waals surface area (Å²) in [5, 5.41) is 5.18. The van der Waals surface area contributed by atoms with E-state index in [4.69, 9.17) is 0 Å². The quantitative estimate of drug-likeness (QED) is 0.894. The smallest absolute Gasteiger partial charge is 0.231 e. The topological polar surface area (TPSA) is 41.5 Å². The summed E-state index contributed by atoms with van der Waals surface area (Å²) in [5.74, 6) is 1.49. The zero-order chi connectivity index (χ0) is 15.2. The van der Waals surface area contributed by atoms with Gasteiger partial charge in [0.2, 0.25) is 5.91 Å². The third-order valence-corrected chi connectivity index (χ3v) is 6.34. The first-order valence-corrected chi connectivity index (χ1v) is 9.86. The number of thioether (sulfide) groups is 2. The van der Waals surface area contributed by atoms with E-state index in [0.717, 1.165) is 27.1 Å². The summed E-state index contributed by atoms with van der Waals surface area (Å²) < 4.78 is 1.03. The van der Waals surface area contributed by atoms with Gasteiger partial charge in [0.15, 0.2) is 0 Å². The molecule has 0 radical (unpaired) electrons. The fraction of sp³-hybridized carbons (Fsp3) is 0.250. The Kier molecular flexibility index (Phi) is 5.58. The lowest BCUT2D eigenvalue weighted by molar-refractivity contribution is -0.119. The molecule has 1 aliphatic heterocycles. The van der Waals surface area contributed by atoms with E-state index >= 15 is 0 Å². The second kappa shape index (κ2) is 7.85. The standard InChI is InChI=1S/C16H16N2OS3/c19-14(11-22-16-17-8-10-21-16)18-15(13-7-4-9-20-13)12-5-2-1-3-6-12/h1-7,9,15H,8,10-11H2,(H,18,19)/t15-/m1/s1. The van der Waals surface area contributed by atoms with Gasteiger partial charge in [-0.2, -0.15) is 0 Å². The molecule has 2 heterocycles. The van der Waals surface area contributed by atoms with Crippen molar-refractivity contribution in [2.45, 2.75) is 6.04 Å². The van der Waals surface area contributed by atoms with E-state index in [1.54, 1.807) is 23.1 Å². The number of nitrogens with one attached hydrogen (secondary N) is 1. The molecule has 0 unspecified atom stereocenters. The number of rotatable bonds is 5. The summed E-state index contributed by atoms with van der Waals surface area (Å²) in [4.78, 5) is 17.8. The minimum Gasteiger partial charge on any atom is -0.344 e. The molecule has 6 heteroatoms. The molecule has 1 aromatic carbocycles. The molecule has 2 aromatic rings. The van der Waals surface area contributed by atoms with E-state index in [9.17, 15) is 4.79 Å². The highest BCUT2D eigenvalue weighted by Crippen LogP contribution is 2.26. The Balaban J connectivity index is 1.66. The Bertz CT molecular complexity index is 641. The molecule has 0 aliphatic carbocycles. The lowest BCUT2D eigenvalue weighted by Crippen LogP contribution is -2.30. The van der Waals surface area contributed by atoms with Crippen molar-refractivity contribution in [2.75, 3.05) is 18.1 Å². The van der Waals surface area contributed by atoms with Gasteiger partial charge >= 0.3 is 0 Å². The molecule has 0 saturated carbocycles. The fourth-order valence-corrected chi connectivity index (χ4v) is 4.78. The molecule has 22 heavy (non-hydrogen) atoms. The normalized spacial score (nSPS) is 15.4. The van der Waals surface area contributed by atoms with Crippen molar-refractivity contribution < 1.29 is 4.79 Å². The van der Waals surface area contributed by atoms with E-state index in [-0.39, 0.29) is 11.9 Å². The average molecular weight is 349 g/mol. The molecule has 0 saturated heterocycles. The number of hydrogen-bond donors (Lipinski definition) is 1. The van der Waals surface area contributed by atoms with E-state index in [0.29, 0.717) is 5.75 Å². The lowest BCUT2D eigenvalue weighted by atomic mass is 10.1. The second-order valence-corrected chi connectivity index (χ2v) is 8.00. The van der Waals surface area contributed by atoms with Gasteiger partial charge in [-0.1, -0.05) is 59.9 Å². The van der Waals surface area contributed by atoms with E-state index in [1.165, 1.54) is 11.8 Å². The minimum atomic E-state index is -0.0764. The molecule has 3 rings (SSSR count). The highest BCUT2D eigenvalue weighted by atomic mass is 32.2. The predicted molar refractivity (Wildman–Crippen MR) is 98.0 cm³/mol. The number of amides is 1. The van der Waals surface area contributed by atoms with Crippen molar-refractivity contribution in [2.24, 2.45) is 4.99 Å². The summed E-state index contributed by atoms with van der Waals surface area (Å²) in [6, 6.07) is 14.1. The van der Waals surface area contributed by atoms with Gasteiger partial charge < -0.3 is 5.32 Å². The molecule has 1 amide bonds. The van der Waals surface area contributed by atoms with Gasteiger partial charge in [0.05, 0.1) is 18.3 Å². The van der Waals surface area contributed by atoms with E-state index < -0.39 is 0 Å². The Morgan fingerprint density at radius 3 is 2.82 bits per heavy atom. The van der Waals surface area contributed by atoms with Crippen LogP contribution in [0.2, 0.25) is 0 Å². The summed E-state index contributed by atoms with van der Waals surface area (Å²) in [6.07, 6.45) is 0. The van der Waals surface area contributed by atoms with Crippen molar-refractivity contribution in [1.82, 2.24) is 5.32 Å². The third kappa shape index (κ3) is 4.15. The number of carbonyl (C=O) groups is 1. The van der Waals surface area contributed by atoms with Crippen LogP contribution in [-0.2, 0) is 4.79 Å². The second-order valence-electron chi connectivity index (χ2n) is 4.71. The number of thiophene rings is 1. The van der Waals surface area contributed by atoms with Crippen LogP contribution in [0.1, 0.15) is 16.5 Å². The zero-order valence-electron chi connectivity index (χ0n) is 11.9. The third-order valence-electron chi connectivity index (χ3n) is 3.15. The number of carbonyl (C=O) groups excluding carboxylic acids is 1. The van der Waals surface area contributed by atoms with Gasteiger partial charge in [-0.3, -0.25) is 9.79 Å². The van der Waals surface area contributed by atoms with Crippen molar-refractivity contribution >= 4 is 45.1 Å². The van der Waals surface area contributed by atoms with E-state index in [2.05, 4.69) is 28.5 Å². The maximum atomic E-state index is 12.3. The van der Waals surface area contributed by atoms with Crippen LogP contribution in [0, 0.1) is 0 Å².